The fourth-order valence-electron chi connectivity index (χ4n) is 3.12. The Hall–Kier alpha value is -3.02. The summed E-state index contributed by atoms with van der Waals surface area (Å²) in [4.78, 5) is 25.8. The number of hydrogen-bond donors (Lipinski definition) is 1. The van der Waals surface area contributed by atoms with Crippen LogP contribution >= 0.6 is 0 Å². The van der Waals surface area contributed by atoms with Crippen molar-refractivity contribution in [2.75, 3.05) is 25.7 Å². The summed E-state index contributed by atoms with van der Waals surface area (Å²) in [5, 5.41) is 9.41. The monoisotopic (exact) mass is 341 g/mol. The number of para-hydroxylation sites is 1. The average molecular weight is 341 g/mol. The van der Waals surface area contributed by atoms with Crippen molar-refractivity contribution in [2.24, 2.45) is 0 Å². The number of fused-ring (bicyclic) bond motifs is 1. The lowest BCUT2D eigenvalue weighted by Crippen LogP contribution is -2.32. The Labute approximate surface area is 145 Å². The van der Waals surface area contributed by atoms with Crippen LogP contribution in [0.4, 0.5) is 5.69 Å². The predicted octanol–water partition coefficient (Wildman–Crippen LogP) is 2.46. The van der Waals surface area contributed by atoms with E-state index in [-0.39, 0.29) is 18.9 Å². The van der Waals surface area contributed by atoms with Crippen LogP contribution in [0.1, 0.15) is 17.0 Å². The minimum Gasteiger partial charge on any atom is -0.493 e. The quantitative estimate of drug-likeness (QED) is 0.904. The zero-order valence-electron chi connectivity index (χ0n) is 14.1. The van der Waals surface area contributed by atoms with E-state index in [2.05, 4.69) is 0 Å². The van der Waals surface area contributed by atoms with E-state index in [1.807, 2.05) is 0 Å². The maximum Gasteiger partial charge on any atom is 0.312 e. The molecule has 0 bridgehead atoms. The fraction of sp³-hybridized carbons (Fsp3) is 0.263. The molecular weight excluding hydrogens is 322 g/mol. The molecule has 2 aromatic rings. The SMILES string of the molecule is COc1ccc(CC(=O)N2CC(C(=O)O)c3ccccc32)cc1OC. The molecule has 0 aromatic heterocycles. The molecule has 1 aliphatic heterocycles. The van der Waals surface area contributed by atoms with Crippen LogP contribution in [0.3, 0.4) is 0 Å². The lowest BCUT2D eigenvalue weighted by Gasteiger charge is -2.18. The first kappa shape index (κ1) is 16.8. The number of carbonyl (C=O) groups excluding carboxylic acids is 1. The van der Waals surface area contributed by atoms with Gasteiger partial charge in [0, 0.05) is 12.2 Å². The van der Waals surface area contributed by atoms with Crippen LogP contribution in [-0.4, -0.2) is 37.7 Å². The van der Waals surface area contributed by atoms with Gasteiger partial charge < -0.3 is 19.5 Å². The van der Waals surface area contributed by atoms with Crippen LogP contribution in [0.5, 0.6) is 11.5 Å². The summed E-state index contributed by atoms with van der Waals surface area (Å²) < 4.78 is 10.5. The number of carboxylic acids is 1. The van der Waals surface area contributed by atoms with Crippen molar-refractivity contribution in [2.45, 2.75) is 12.3 Å². The van der Waals surface area contributed by atoms with Gasteiger partial charge in [0.05, 0.1) is 20.6 Å². The summed E-state index contributed by atoms with van der Waals surface area (Å²) >= 11 is 0. The summed E-state index contributed by atoms with van der Waals surface area (Å²) in [7, 11) is 3.09. The number of amides is 1. The van der Waals surface area contributed by atoms with E-state index in [4.69, 9.17) is 9.47 Å². The van der Waals surface area contributed by atoms with Crippen LogP contribution in [0, 0.1) is 0 Å². The molecule has 0 saturated carbocycles. The average Bonchev–Trinajstić information content (AvgIpc) is 3.01. The standard InChI is InChI=1S/C19H19NO5/c1-24-16-8-7-12(9-17(16)25-2)10-18(21)20-11-14(19(22)23)13-5-3-4-6-15(13)20/h3-9,14H,10-11H2,1-2H3,(H,22,23). The summed E-state index contributed by atoms with van der Waals surface area (Å²) in [6, 6.07) is 12.4. The molecule has 130 valence electrons. The molecule has 1 N–H and O–H groups in total. The fourth-order valence-corrected chi connectivity index (χ4v) is 3.12. The van der Waals surface area contributed by atoms with Crippen LogP contribution in [0.25, 0.3) is 0 Å². The number of ether oxygens (including phenoxy) is 2. The Morgan fingerprint density at radius 1 is 1.12 bits per heavy atom. The van der Waals surface area contributed by atoms with Gasteiger partial charge in [-0.15, -0.1) is 0 Å². The zero-order valence-corrected chi connectivity index (χ0v) is 14.1. The Bertz CT molecular complexity index is 817. The van der Waals surface area contributed by atoms with E-state index in [9.17, 15) is 14.7 Å². The van der Waals surface area contributed by atoms with Gasteiger partial charge in [0.25, 0.3) is 0 Å². The topological polar surface area (TPSA) is 76.1 Å². The molecular formula is C19H19NO5. The molecule has 0 fully saturated rings. The van der Waals surface area contributed by atoms with Crippen molar-refractivity contribution in [3.8, 4) is 11.5 Å². The van der Waals surface area contributed by atoms with E-state index in [1.54, 1.807) is 54.5 Å². The molecule has 3 rings (SSSR count). The Morgan fingerprint density at radius 2 is 1.84 bits per heavy atom. The lowest BCUT2D eigenvalue weighted by molar-refractivity contribution is -0.138. The number of carbonyl (C=O) groups is 2. The van der Waals surface area contributed by atoms with E-state index >= 15 is 0 Å². The molecule has 0 aliphatic carbocycles. The number of carboxylic acid groups (broad SMARTS) is 1. The van der Waals surface area contributed by atoms with Gasteiger partial charge in [0.15, 0.2) is 11.5 Å². The molecule has 1 atom stereocenters. The largest absolute Gasteiger partial charge is 0.493 e. The summed E-state index contributed by atoms with van der Waals surface area (Å²) in [6.07, 6.45) is 0.154. The van der Waals surface area contributed by atoms with Gasteiger partial charge in [-0.25, -0.2) is 0 Å². The van der Waals surface area contributed by atoms with E-state index in [1.165, 1.54) is 7.11 Å². The first-order valence-electron chi connectivity index (χ1n) is 7.88. The van der Waals surface area contributed by atoms with Crippen LogP contribution in [0.2, 0.25) is 0 Å². The second-order valence-corrected chi connectivity index (χ2v) is 5.82. The third-order valence-corrected chi connectivity index (χ3v) is 4.37. The summed E-state index contributed by atoms with van der Waals surface area (Å²) in [6.45, 7) is 0.154. The van der Waals surface area contributed by atoms with Crippen molar-refractivity contribution in [3.63, 3.8) is 0 Å². The second kappa shape index (κ2) is 6.84. The predicted molar refractivity (Wildman–Crippen MR) is 92.4 cm³/mol. The van der Waals surface area contributed by atoms with Crippen molar-refractivity contribution in [3.05, 3.63) is 53.6 Å². The molecule has 1 amide bonds. The van der Waals surface area contributed by atoms with Crippen molar-refractivity contribution in [1.82, 2.24) is 0 Å². The van der Waals surface area contributed by atoms with Gasteiger partial charge in [-0.3, -0.25) is 9.59 Å². The second-order valence-electron chi connectivity index (χ2n) is 5.82. The smallest absolute Gasteiger partial charge is 0.312 e. The minimum atomic E-state index is -0.922. The molecule has 6 nitrogen and oxygen atoms in total. The zero-order chi connectivity index (χ0) is 18.0. The highest BCUT2D eigenvalue weighted by Gasteiger charge is 2.36. The number of methoxy groups -OCH3 is 2. The van der Waals surface area contributed by atoms with Gasteiger partial charge >= 0.3 is 5.97 Å². The van der Waals surface area contributed by atoms with Gasteiger partial charge in [-0.1, -0.05) is 24.3 Å². The summed E-state index contributed by atoms with van der Waals surface area (Å²) in [5.41, 5.74) is 2.12. The number of anilines is 1. The molecule has 1 unspecified atom stereocenters. The normalized spacial score (nSPS) is 15.6. The number of nitrogens with zero attached hydrogens (tertiary/aromatic N) is 1. The maximum atomic E-state index is 12.8. The minimum absolute atomic E-state index is 0.150. The number of aliphatic carboxylic acids is 1. The molecule has 25 heavy (non-hydrogen) atoms. The van der Waals surface area contributed by atoms with Crippen LogP contribution in [-0.2, 0) is 16.0 Å². The highest BCUT2D eigenvalue weighted by molar-refractivity contribution is 5.99. The molecule has 6 heteroatoms. The highest BCUT2D eigenvalue weighted by atomic mass is 16.5. The molecule has 1 heterocycles. The maximum absolute atomic E-state index is 12.8. The van der Waals surface area contributed by atoms with Gasteiger partial charge in [-0.05, 0) is 29.3 Å². The molecule has 2 aromatic carbocycles. The van der Waals surface area contributed by atoms with E-state index < -0.39 is 11.9 Å². The van der Waals surface area contributed by atoms with Crippen molar-refractivity contribution in [1.29, 1.82) is 0 Å². The first-order valence-corrected chi connectivity index (χ1v) is 7.88. The van der Waals surface area contributed by atoms with Crippen LogP contribution < -0.4 is 14.4 Å². The highest BCUT2D eigenvalue weighted by Crippen LogP contribution is 2.37. The Morgan fingerprint density at radius 3 is 2.52 bits per heavy atom. The number of benzene rings is 2. The third-order valence-electron chi connectivity index (χ3n) is 4.37. The van der Waals surface area contributed by atoms with Gasteiger partial charge in [0.2, 0.25) is 5.91 Å². The molecule has 1 aliphatic rings. The van der Waals surface area contributed by atoms with Crippen molar-refractivity contribution < 1.29 is 24.2 Å². The Kier molecular flexibility index (Phi) is 4.61. The number of rotatable bonds is 5. The van der Waals surface area contributed by atoms with Crippen LogP contribution in [0.15, 0.2) is 42.5 Å². The molecule has 0 radical (unpaired) electrons. The van der Waals surface area contributed by atoms with E-state index in [0.717, 1.165) is 5.56 Å². The van der Waals surface area contributed by atoms with Gasteiger partial charge in [-0.2, -0.15) is 0 Å². The van der Waals surface area contributed by atoms with Gasteiger partial charge in [0.1, 0.15) is 5.92 Å². The molecule has 0 saturated heterocycles. The van der Waals surface area contributed by atoms with E-state index in [0.29, 0.717) is 22.7 Å². The first-order chi connectivity index (χ1) is 12.0. The third kappa shape index (κ3) is 3.15. The molecule has 0 spiro atoms. The lowest BCUT2D eigenvalue weighted by atomic mass is 10.0. The summed E-state index contributed by atoms with van der Waals surface area (Å²) in [5.74, 6) is -0.614. The van der Waals surface area contributed by atoms with Crippen molar-refractivity contribution >= 4 is 17.6 Å². The Balaban J connectivity index is 1.84. The number of hydrogen-bond acceptors (Lipinski definition) is 4.